The summed E-state index contributed by atoms with van der Waals surface area (Å²) in [7, 11) is 0. The van der Waals surface area contributed by atoms with Gasteiger partial charge in [-0.3, -0.25) is 0 Å². The van der Waals surface area contributed by atoms with E-state index in [0.717, 1.165) is 0 Å². The van der Waals surface area contributed by atoms with E-state index in [0.29, 0.717) is 16.7 Å². The second-order valence-electron chi connectivity index (χ2n) is 2.18. The third-order valence-corrected chi connectivity index (χ3v) is 2.30. The Morgan fingerprint density at radius 3 is 2.21 bits per heavy atom. The number of carbonyl (C=O) groups is 1. The van der Waals surface area contributed by atoms with Gasteiger partial charge in [-0.1, -0.05) is 0 Å². The van der Waals surface area contributed by atoms with Gasteiger partial charge in [-0.05, 0) is 0 Å². The Morgan fingerprint density at radius 2 is 2.00 bits per heavy atom. The van der Waals surface area contributed by atoms with Gasteiger partial charge in [0.1, 0.15) is 0 Å². The minimum absolute atomic E-state index is 0. The van der Waals surface area contributed by atoms with Gasteiger partial charge >= 0.3 is 6.18 Å². The SMILES string of the molecule is Cl.Nc1c(C(F)(F)F)csc1C(=O)[O-]. The fourth-order valence-electron chi connectivity index (χ4n) is 0.745. The molecule has 0 fully saturated rings. The number of carboxylic acid groups (broad SMARTS) is 1. The van der Waals surface area contributed by atoms with Crippen LogP contribution in [0.2, 0.25) is 0 Å². The van der Waals surface area contributed by atoms with E-state index in [1.807, 2.05) is 0 Å². The maximum Gasteiger partial charge on any atom is 0.419 e. The summed E-state index contributed by atoms with van der Waals surface area (Å²) in [5.74, 6) is -1.70. The first-order valence-electron chi connectivity index (χ1n) is 2.99. The Balaban J connectivity index is 0.00000169. The lowest BCUT2D eigenvalue weighted by Gasteiger charge is -2.05. The largest absolute Gasteiger partial charge is 0.544 e. The molecule has 0 saturated heterocycles. The van der Waals surface area contributed by atoms with Crippen LogP contribution < -0.4 is 10.8 Å². The van der Waals surface area contributed by atoms with Crippen molar-refractivity contribution in [2.45, 2.75) is 6.18 Å². The van der Waals surface area contributed by atoms with E-state index >= 15 is 0 Å². The number of nitrogen functional groups attached to an aromatic ring is 1. The molecule has 8 heteroatoms. The Kier molecular flexibility index (Phi) is 3.78. The van der Waals surface area contributed by atoms with Crippen molar-refractivity contribution in [1.82, 2.24) is 0 Å². The molecule has 0 aliphatic heterocycles. The lowest BCUT2D eigenvalue weighted by atomic mass is 10.2. The van der Waals surface area contributed by atoms with Gasteiger partial charge in [0.25, 0.3) is 0 Å². The highest BCUT2D eigenvalue weighted by molar-refractivity contribution is 7.12. The van der Waals surface area contributed by atoms with E-state index in [4.69, 9.17) is 5.73 Å². The summed E-state index contributed by atoms with van der Waals surface area (Å²) in [6.07, 6.45) is -4.62. The van der Waals surface area contributed by atoms with Crippen molar-refractivity contribution in [2.75, 3.05) is 5.73 Å². The first-order valence-corrected chi connectivity index (χ1v) is 3.87. The van der Waals surface area contributed by atoms with Gasteiger partial charge in [-0.15, -0.1) is 23.7 Å². The maximum atomic E-state index is 12.0. The fraction of sp³-hybridized carbons (Fsp3) is 0.167. The predicted octanol–water partition coefficient (Wildman–Crippen LogP) is 1.13. The van der Waals surface area contributed by atoms with Crippen LogP contribution in [0.4, 0.5) is 18.9 Å². The number of carboxylic acids is 1. The topological polar surface area (TPSA) is 66.2 Å². The second-order valence-corrected chi connectivity index (χ2v) is 3.06. The van der Waals surface area contributed by atoms with Crippen molar-refractivity contribution in [3.05, 3.63) is 15.8 Å². The Morgan fingerprint density at radius 1 is 1.50 bits per heavy atom. The van der Waals surface area contributed by atoms with Crippen molar-refractivity contribution < 1.29 is 23.1 Å². The molecule has 0 amide bonds. The quantitative estimate of drug-likeness (QED) is 0.808. The van der Waals surface area contributed by atoms with E-state index in [1.165, 1.54) is 0 Å². The predicted molar refractivity (Wildman–Crippen MR) is 45.3 cm³/mol. The standard InChI is InChI=1S/C6H4F3NO2S.ClH/c7-6(8,9)2-1-13-4(3(2)10)5(11)12;/h1H,10H2,(H,11,12);1H/p-1. The van der Waals surface area contributed by atoms with Crippen LogP contribution in [0.3, 0.4) is 0 Å². The summed E-state index contributed by atoms with van der Waals surface area (Å²) >= 11 is 0.404. The molecule has 0 saturated carbocycles. The molecule has 2 N–H and O–H groups in total. The summed E-state index contributed by atoms with van der Waals surface area (Å²) in [5, 5.41) is 10.9. The van der Waals surface area contributed by atoms with E-state index < -0.39 is 28.3 Å². The molecule has 1 heterocycles. The third-order valence-electron chi connectivity index (χ3n) is 1.32. The molecule has 3 nitrogen and oxygen atoms in total. The van der Waals surface area contributed by atoms with E-state index in [9.17, 15) is 23.1 Å². The molecule has 80 valence electrons. The van der Waals surface area contributed by atoms with Crippen molar-refractivity contribution in [3.63, 3.8) is 0 Å². The highest BCUT2D eigenvalue weighted by Gasteiger charge is 2.35. The molecule has 0 bridgehead atoms. The number of thiophene rings is 1. The van der Waals surface area contributed by atoms with Crippen molar-refractivity contribution in [1.29, 1.82) is 0 Å². The number of hydrogen-bond donors (Lipinski definition) is 1. The lowest BCUT2D eigenvalue weighted by molar-refractivity contribution is -0.254. The number of alkyl halides is 3. The zero-order valence-corrected chi connectivity index (χ0v) is 8.05. The second kappa shape index (κ2) is 4.05. The van der Waals surface area contributed by atoms with Crippen LogP contribution in [-0.4, -0.2) is 5.97 Å². The van der Waals surface area contributed by atoms with Gasteiger partial charge in [0, 0.05) is 5.38 Å². The third kappa shape index (κ3) is 2.30. The monoisotopic (exact) mass is 246 g/mol. The Hall–Kier alpha value is -0.950. The molecule has 0 aliphatic carbocycles. The van der Waals surface area contributed by atoms with Gasteiger partial charge in [0.2, 0.25) is 0 Å². The number of hydrogen-bond acceptors (Lipinski definition) is 4. The highest BCUT2D eigenvalue weighted by Crippen LogP contribution is 2.38. The molecule has 0 atom stereocenters. The van der Waals surface area contributed by atoms with Crippen molar-refractivity contribution in [2.24, 2.45) is 0 Å². The summed E-state index contributed by atoms with van der Waals surface area (Å²) in [6.45, 7) is 0. The lowest BCUT2D eigenvalue weighted by Crippen LogP contribution is -2.22. The molecule has 0 aliphatic rings. The Bertz CT molecular complexity index is 349. The van der Waals surface area contributed by atoms with Crippen LogP contribution in [0.5, 0.6) is 0 Å². The van der Waals surface area contributed by atoms with Gasteiger partial charge in [0.15, 0.2) is 0 Å². The van der Waals surface area contributed by atoms with Crippen LogP contribution in [0, 0.1) is 0 Å². The highest BCUT2D eigenvalue weighted by atomic mass is 35.5. The van der Waals surface area contributed by atoms with E-state index in [1.54, 1.807) is 0 Å². The van der Waals surface area contributed by atoms with Crippen LogP contribution in [0.25, 0.3) is 0 Å². The average Bonchev–Trinajstić information content (AvgIpc) is 2.28. The number of rotatable bonds is 1. The molecule has 0 spiro atoms. The van der Waals surface area contributed by atoms with E-state index in [-0.39, 0.29) is 12.4 Å². The van der Waals surface area contributed by atoms with Crippen LogP contribution in [-0.2, 0) is 6.18 Å². The molecule has 0 unspecified atom stereocenters. The van der Waals surface area contributed by atoms with Gasteiger partial charge < -0.3 is 15.6 Å². The van der Waals surface area contributed by atoms with Gasteiger partial charge in [-0.2, -0.15) is 13.2 Å². The zero-order valence-electron chi connectivity index (χ0n) is 6.42. The molecular formula is C6H4ClF3NO2S-. The van der Waals surface area contributed by atoms with Crippen LogP contribution >= 0.6 is 23.7 Å². The molecular weight excluding hydrogens is 243 g/mol. The van der Waals surface area contributed by atoms with Crippen molar-refractivity contribution >= 4 is 35.4 Å². The zero-order chi connectivity index (χ0) is 10.2. The first kappa shape index (κ1) is 13.1. The molecule has 1 rings (SSSR count). The van der Waals surface area contributed by atoms with Gasteiger partial charge in [-0.25, -0.2) is 0 Å². The minimum atomic E-state index is -4.62. The summed E-state index contributed by atoms with van der Waals surface area (Å²) in [4.78, 5) is 9.62. The number of aromatic carboxylic acids is 1. The molecule has 1 aromatic rings. The molecule has 14 heavy (non-hydrogen) atoms. The van der Waals surface area contributed by atoms with Crippen LogP contribution in [0.1, 0.15) is 15.2 Å². The summed E-state index contributed by atoms with van der Waals surface area (Å²) in [5.41, 5.74) is 3.05. The van der Waals surface area contributed by atoms with Crippen LogP contribution in [0.15, 0.2) is 5.38 Å². The smallest absolute Gasteiger partial charge is 0.419 e. The normalized spacial score (nSPS) is 10.8. The van der Waals surface area contributed by atoms with E-state index in [2.05, 4.69) is 0 Å². The summed E-state index contributed by atoms with van der Waals surface area (Å²) < 4.78 is 36.1. The number of carbonyl (C=O) groups excluding carboxylic acids is 1. The average molecular weight is 247 g/mol. The minimum Gasteiger partial charge on any atom is -0.544 e. The molecule has 0 radical (unpaired) electrons. The first-order chi connectivity index (χ1) is 5.84. The number of halogens is 4. The van der Waals surface area contributed by atoms with Gasteiger partial charge in [0.05, 0.1) is 22.1 Å². The summed E-state index contributed by atoms with van der Waals surface area (Å²) in [6, 6.07) is 0. The molecule has 1 aromatic heterocycles. The molecule has 0 aromatic carbocycles. The van der Waals surface area contributed by atoms with Crippen molar-refractivity contribution in [3.8, 4) is 0 Å². The number of anilines is 1. The fourth-order valence-corrected chi connectivity index (χ4v) is 1.57. The maximum absolute atomic E-state index is 12.0. The Labute approximate surface area is 86.7 Å². The number of nitrogens with two attached hydrogens (primary N) is 1.